The van der Waals surface area contributed by atoms with Gasteiger partial charge in [0, 0.05) is 23.5 Å². The van der Waals surface area contributed by atoms with Crippen LogP contribution < -0.4 is 5.73 Å². The predicted molar refractivity (Wildman–Crippen MR) is 61.3 cm³/mol. The first-order chi connectivity index (χ1) is 7.28. The van der Waals surface area contributed by atoms with Gasteiger partial charge in [-0.2, -0.15) is 0 Å². The lowest BCUT2D eigenvalue weighted by molar-refractivity contribution is 0.383. The summed E-state index contributed by atoms with van der Waals surface area (Å²) in [6.45, 7) is 0.419. The van der Waals surface area contributed by atoms with E-state index in [2.05, 4.69) is 33.2 Å². The summed E-state index contributed by atoms with van der Waals surface area (Å²) in [5.74, 6) is 0.841. The Bertz CT molecular complexity index is 453. The normalized spacial score (nSPS) is 10.5. The number of hydrogen-bond donors (Lipinski definition) is 1. The summed E-state index contributed by atoms with van der Waals surface area (Å²) in [6.07, 6.45) is 0.742. The third-order valence-electron chi connectivity index (χ3n) is 2.08. The van der Waals surface area contributed by atoms with Crippen LogP contribution in [-0.2, 0) is 13.0 Å². The lowest BCUT2D eigenvalue weighted by atomic mass is 10.1. The van der Waals surface area contributed by atoms with Gasteiger partial charge in [0.15, 0.2) is 0 Å². The van der Waals surface area contributed by atoms with Crippen molar-refractivity contribution in [3.8, 4) is 0 Å². The number of hydrogen-bond acceptors (Lipinski definition) is 3. The maximum atomic E-state index is 5.45. The second kappa shape index (κ2) is 4.59. The summed E-state index contributed by atoms with van der Waals surface area (Å²) in [5.41, 5.74) is 7.43. The third-order valence-corrected chi connectivity index (χ3v) is 2.58. The highest BCUT2D eigenvalue weighted by Crippen LogP contribution is 2.15. The van der Waals surface area contributed by atoms with E-state index in [9.17, 15) is 0 Å². The van der Waals surface area contributed by atoms with Crippen molar-refractivity contribution in [3.63, 3.8) is 0 Å². The first kappa shape index (κ1) is 10.4. The molecule has 0 aliphatic rings. The zero-order valence-corrected chi connectivity index (χ0v) is 9.70. The molecular weight excluding hydrogens is 256 g/mol. The van der Waals surface area contributed by atoms with Crippen molar-refractivity contribution < 1.29 is 4.52 Å². The van der Waals surface area contributed by atoms with Gasteiger partial charge in [0.05, 0.1) is 5.69 Å². The molecule has 0 unspecified atom stereocenters. The SMILES string of the molecule is NCc1cc(Cc2cccc(Br)c2)on1. The average Bonchev–Trinajstić information content (AvgIpc) is 2.65. The van der Waals surface area contributed by atoms with Crippen molar-refractivity contribution >= 4 is 15.9 Å². The molecule has 1 aromatic heterocycles. The van der Waals surface area contributed by atoms with Crippen LogP contribution in [0.15, 0.2) is 39.3 Å². The maximum absolute atomic E-state index is 5.45. The largest absolute Gasteiger partial charge is 0.361 e. The second-order valence-corrected chi connectivity index (χ2v) is 4.21. The molecule has 0 amide bonds. The van der Waals surface area contributed by atoms with E-state index in [1.54, 1.807) is 0 Å². The lowest BCUT2D eigenvalue weighted by Crippen LogP contribution is -1.95. The molecule has 78 valence electrons. The predicted octanol–water partition coefficient (Wildman–Crippen LogP) is 2.49. The molecule has 0 aliphatic heterocycles. The Kier molecular flexibility index (Phi) is 3.18. The monoisotopic (exact) mass is 266 g/mol. The van der Waals surface area contributed by atoms with E-state index in [4.69, 9.17) is 10.3 Å². The fraction of sp³-hybridized carbons (Fsp3) is 0.182. The zero-order valence-electron chi connectivity index (χ0n) is 8.11. The van der Waals surface area contributed by atoms with Gasteiger partial charge in [-0.3, -0.25) is 0 Å². The Balaban J connectivity index is 2.14. The quantitative estimate of drug-likeness (QED) is 0.929. The summed E-state index contributed by atoms with van der Waals surface area (Å²) >= 11 is 3.43. The minimum atomic E-state index is 0.419. The van der Waals surface area contributed by atoms with E-state index in [0.29, 0.717) is 6.54 Å². The van der Waals surface area contributed by atoms with Gasteiger partial charge >= 0.3 is 0 Å². The molecule has 0 spiro atoms. The fourth-order valence-corrected chi connectivity index (χ4v) is 1.83. The zero-order chi connectivity index (χ0) is 10.7. The van der Waals surface area contributed by atoms with E-state index in [1.165, 1.54) is 5.56 Å². The molecule has 15 heavy (non-hydrogen) atoms. The van der Waals surface area contributed by atoms with Crippen molar-refractivity contribution in [1.29, 1.82) is 0 Å². The Morgan fingerprint density at radius 3 is 2.87 bits per heavy atom. The smallest absolute Gasteiger partial charge is 0.141 e. The molecular formula is C11H11BrN2O. The second-order valence-electron chi connectivity index (χ2n) is 3.30. The number of nitrogens with two attached hydrogens (primary N) is 1. The Morgan fingerprint density at radius 1 is 1.33 bits per heavy atom. The lowest BCUT2D eigenvalue weighted by Gasteiger charge is -1.97. The molecule has 0 atom stereocenters. The van der Waals surface area contributed by atoms with Crippen LogP contribution in [0.25, 0.3) is 0 Å². The van der Waals surface area contributed by atoms with Crippen molar-refractivity contribution in [2.45, 2.75) is 13.0 Å². The number of halogens is 1. The number of rotatable bonds is 3. The van der Waals surface area contributed by atoms with E-state index in [0.717, 1.165) is 22.3 Å². The number of nitrogens with zero attached hydrogens (tertiary/aromatic N) is 1. The van der Waals surface area contributed by atoms with Crippen LogP contribution >= 0.6 is 15.9 Å². The minimum absolute atomic E-state index is 0.419. The van der Waals surface area contributed by atoms with Crippen molar-refractivity contribution in [2.75, 3.05) is 0 Å². The molecule has 2 aromatic rings. The summed E-state index contributed by atoms with van der Waals surface area (Å²) in [6, 6.07) is 10.00. The van der Waals surface area contributed by atoms with Gasteiger partial charge in [-0.15, -0.1) is 0 Å². The Hall–Kier alpha value is -1.13. The topological polar surface area (TPSA) is 52.0 Å². The van der Waals surface area contributed by atoms with Crippen molar-refractivity contribution in [1.82, 2.24) is 5.16 Å². The van der Waals surface area contributed by atoms with E-state index in [1.807, 2.05) is 18.2 Å². The first-order valence-corrected chi connectivity index (χ1v) is 5.46. The maximum Gasteiger partial charge on any atom is 0.141 e. The van der Waals surface area contributed by atoms with Gasteiger partial charge in [-0.1, -0.05) is 33.2 Å². The molecule has 0 fully saturated rings. The highest BCUT2D eigenvalue weighted by Gasteiger charge is 2.03. The number of aromatic nitrogens is 1. The van der Waals surface area contributed by atoms with Gasteiger partial charge < -0.3 is 10.3 Å². The summed E-state index contributed by atoms with van der Waals surface area (Å²) in [5, 5.41) is 3.84. The summed E-state index contributed by atoms with van der Waals surface area (Å²) in [4.78, 5) is 0. The van der Waals surface area contributed by atoms with Crippen LogP contribution in [-0.4, -0.2) is 5.16 Å². The molecule has 0 saturated carbocycles. The van der Waals surface area contributed by atoms with Gasteiger partial charge in [0.1, 0.15) is 5.76 Å². The molecule has 1 aromatic carbocycles. The highest BCUT2D eigenvalue weighted by molar-refractivity contribution is 9.10. The van der Waals surface area contributed by atoms with E-state index < -0.39 is 0 Å². The molecule has 0 bridgehead atoms. The molecule has 0 aliphatic carbocycles. The van der Waals surface area contributed by atoms with Crippen LogP contribution in [0.3, 0.4) is 0 Å². The van der Waals surface area contributed by atoms with Crippen molar-refractivity contribution in [2.24, 2.45) is 5.73 Å². The fourth-order valence-electron chi connectivity index (χ4n) is 1.38. The van der Waals surface area contributed by atoms with Gasteiger partial charge in [0.2, 0.25) is 0 Å². The summed E-state index contributed by atoms with van der Waals surface area (Å²) < 4.78 is 6.22. The molecule has 0 radical (unpaired) electrons. The Morgan fingerprint density at radius 2 is 2.20 bits per heavy atom. The molecule has 0 saturated heterocycles. The van der Waals surface area contributed by atoms with Crippen LogP contribution in [0.1, 0.15) is 17.0 Å². The standard InChI is InChI=1S/C11H11BrN2O/c12-9-3-1-2-8(4-9)5-11-6-10(7-13)14-15-11/h1-4,6H,5,7,13H2. The number of benzene rings is 1. The summed E-state index contributed by atoms with van der Waals surface area (Å²) in [7, 11) is 0. The average molecular weight is 267 g/mol. The van der Waals surface area contributed by atoms with E-state index in [-0.39, 0.29) is 0 Å². The Labute approximate surface area is 96.4 Å². The van der Waals surface area contributed by atoms with Crippen LogP contribution in [0.5, 0.6) is 0 Å². The molecule has 1 heterocycles. The molecule has 2 N–H and O–H groups in total. The third kappa shape index (κ3) is 2.67. The van der Waals surface area contributed by atoms with Gasteiger partial charge in [0.25, 0.3) is 0 Å². The van der Waals surface area contributed by atoms with Gasteiger partial charge in [-0.25, -0.2) is 0 Å². The van der Waals surface area contributed by atoms with Crippen LogP contribution in [0.2, 0.25) is 0 Å². The molecule has 2 rings (SSSR count). The van der Waals surface area contributed by atoms with Crippen LogP contribution in [0, 0.1) is 0 Å². The van der Waals surface area contributed by atoms with Crippen LogP contribution in [0.4, 0.5) is 0 Å². The van der Waals surface area contributed by atoms with Gasteiger partial charge in [-0.05, 0) is 17.7 Å². The molecule has 3 nitrogen and oxygen atoms in total. The molecule has 4 heteroatoms. The van der Waals surface area contributed by atoms with E-state index >= 15 is 0 Å². The van der Waals surface area contributed by atoms with Crippen molar-refractivity contribution in [3.05, 3.63) is 51.8 Å². The highest BCUT2D eigenvalue weighted by atomic mass is 79.9. The first-order valence-electron chi connectivity index (χ1n) is 4.67. The minimum Gasteiger partial charge on any atom is -0.361 e.